The van der Waals surface area contributed by atoms with Crippen molar-refractivity contribution >= 4 is 43.7 Å². The molecule has 3 heterocycles. The minimum absolute atomic E-state index is 0.0910. The Bertz CT molecular complexity index is 3450. The van der Waals surface area contributed by atoms with E-state index in [0.717, 1.165) is 71.6 Å². The molecule has 12 rings (SSSR count). The van der Waals surface area contributed by atoms with Crippen molar-refractivity contribution in [3.63, 3.8) is 0 Å². The molecule has 59 heavy (non-hydrogen) atoms. The maximum Gasteiger partial charge on any atom is 0.238 e. The van der Waals surface area contributed by atoms with E-state index in [2.05, 4.69) is 176 Å². The lowest BCUT2D eigenvalue weighted by atomic mass is 9.82. The molecule has 0 bridgehead atoms. The normalized spacial score (nSPS) is 13.1. The van der Waals surface area contributed by atoms with Crippen molar-refractivity contribution in [2.24, 2.45) is 0 Å². The Hall–Kier alpha value is -7.63. The first kappa shape index (κ1) is 33.5. The second-order valence-electron chi connectivity index (χ2n) is 16.1. The van der Waals surface area contributed by atoms with Crippen molar-refractivity contribution in [3.05, 3.63) is 193 Å². The molecule has 8 aromatic carbocycles. The van der Waals surface area contributed by atoms with Gasteiger partial charge in [0, 0.05) is 38.1 Å². The first-order valence-corrected chi connectivity index (χ1v) is 20.1. The highest BCUT2D eigenvalue weighted by atomic mass is 16.3. The summed E-state index contributed by atoms with van der Waals surface area (Å²) in [6.45, 7) is 4.62. The monoisotopic (exact) mass is 756 g/mol. The Labute approximate surface area is 340 Å². The van der Waals surface area contributed by atoms with E-state index in [0.29, 0.717) is 17.6 Å². The minimum Gasteiger partial charge on any atom is -0.456 e. The van der Waals surface area contributed by atoms with Gasteiger partial charge in [0.2, 0.25) is 5.95 Å². The minimum atomic E-state index is -0.0910. The van der Waals surface area contributed by atoms with Gasteiger partial charge in [0.05, 0.1) is 11.0 Å². The van der Waals surface area contributed by atoms with Crippen molar-refractivity contribution in [1.82, 2.24) is 19.5 Å². The molecule has 1 aliphatic carbocycles. The third-order valence-electron chi connectivity index (χ3n) is 12.3. The molecule has 0 amide bonds. The third kappa shape index (κ3) is 5.21. The number of hydrogen-bond donors (Lipinski definition) is 0. The predicted molar refractivity (Wildman–Crippen MR) is 241 cm³/mol. The van der Waals surface area contributed by atoms with Gasteiger partial charge in [-0.25, -0.2) is 4.98 Å². The molecular formula is C54H36N4O. The van der Waals surface area contributed by atoms with E-state index < -0.39 is 0 Å². The number of rotatable bonds is 5. The van der Waals surface area contributed by atoms with Gasteiger partial charge in [0.25, 0.3) is 0 Å². The Morgan fingerprint density at radius 3 is 1.76 bits per heavy atom. The number of nitrogens with zero attached hydrogens (tertiary/aromatic N) is 4. The van der Waals surface area contributed by atoms with Crippen LogP contribution in [0.25, 0.3) is 106 Å². The second-order valence-corrected chi connectivity index (χ2v) is 16.1. The lowest BCUT2D eigenvalue weighted by Gasteiger charge is -2.21. The van der Waals surface area contributed by atoms with Crippen molar-refractivity contribution < 1.29 is 4.42 Å². The van der Waals surface area contributed by atoms with Crippen molar-refractivity contribution in [1.29, 1.82) is 0 Å². The van der Waals surface area contributed by atoms with Gasteiger partial charge in [-0.15, -0.1) is 0 Å². The molecule has 5 nitrogen and oxygen atoms in total. The van der Waals surface area contributed by atoms with Gasteiger partial charge in [-0.05, 0) is 80.9 Å². The van der Waals surface area contributed by atoms with Crippen molar-refractivity contribution in [2.75, 3.05) is 0 Å². The highest BCUT2D eigenvalue weighted by Crippen LogP contribution is 2.51. The summed E-state index contributed by atoms with van der Waals surface area (Å²) < 4.78 is 8.74. The summed E-state index contributed by atoms with van der Waals surface area (Å²) in [6, 6.07) is 64.2. The molecule has 0 atom stereocenters. The van der Waals surface area contributed by atoms with Gasteiger partial charge in [-0.1, -0.05) is 159 Å². The van der Waals surface area contributed by atoms with E-state index in [4.69, 9.17) is 19.4 Å². The number of para-hydroxylation sites is 1. The zero-order valence-electron chi connectivity index (χ0n) is 32.5. The van der Waals surface area contributed by atoms with Crippen LogP contribution in [0.5, 0.6) is 0 Å². The second kappa shape index (κ2) is 12.7. The molecule has 0 fully saturated rings. The van der Waals surface area contributed by atoms with Crippen LogP contribution in [-0.4, -0.2) is 19.5 Å². The van der Waals surface area contributed by atoms with Crippen molar-refractivity contribution in [3.8, 4) is 62.1 Å². The largest absolute Gasteiger partial charge is 0.456 e. The Kier molecular flexibility index (Phi) is 7.20. The first-order chi connectivity index (χ1) is 29.0. The highest BCUT2D eigenvalue weighted by Gasteiger charge is 2.36. The maximum absolute atomic E-state index is 6.55. The molecule has 0 spiro atoms. The summed E-state index contributed by atoms with van der Waals surface area (Å²) in [4.78, 5) is 15.5. The van der Waals surface area contributed by atoms with Gasteiger partial charge in [0.15, 0.2) is 11.6 Å². The quantitative estimate of drug-likeness (QED) is 0.175. The number of furan rings is 1. The SMILES string of the molecule is CC1(C)c2ccccc2-c2cc3c(cc21)oc1ccc(-c2ccc4c5ccccc5n(-c5nc(-c6ccccc6)nc(-c6ccc(-c7ccccc7)cc6)n5)c4c2)cc13. The Balaban J connectivity index is 1.03. The molecule has 278 valence electrons. The summed E-state index contributed by atoms with van der Waals surface area (Å²) in [5, 5.41) is 4.51. The fraction of sp³-hybridized carbons (Fsp3) is 0.0556. The molecule has 1 aliphatic rings. The number of fused-ring (bicyclic) bond motifs is 9. The van der Waals surface area contributed by atoms with E-state index in [1.807, 2.05) is 24.3 Å². The van der Waals surface area contributed by atoms with Crippen LogP contribution in [0.15, 0.2) is 186 Å². The molecule has 0 saturated carbocycles. The summed E-state index contributed by atoms with van der Waals surface area (Å²) in [6.07, 6.45) is 0. The molecule has 3 aromatic heterocycles. The van der Waals surface area contributed by atoms with Crippen LogP contribution in [0.1, 0.15) is 25.0 Å². The van der Waals surface area contributed by atoms with Gasteiger partial charge in [-0.3, -0.25) is 4.57 Å². The zero-order valence-corrected chi connectivity index (χ0v) is 32.5. The van der Waals surface area contributed by atoms with E-state index in [1.165, 1.54) is 27.8 Å². The molecular weight excluding hydrogens is 721 g/mol. The van der Waals surface area contributed by atoms with Gasteiger partial charge < -0.3 is 4.42 Å². The Morgan fingerprint density at radius 1 is 0.390 bits per heavy atom. The average molecular weight is 757 g/mol. The standard InChI is InChI=1S/C54H36N4O/c1-54(2)45-19-11-9-17-39(45)42-31-44-43-29-37(26-28-49(43)59-50(44)32-46(42)54)38-25-27-41-40-18-10-12-20-47(40)58(48(41)30-38)53-56-51(35-15-7-4-8-16-35)55-52(57-53)36-23-21-34(22-24-36)33-13-5-3-6-14-33/h3-32H,1-2H3. The van der Waals surface area contributed by atoms with Crippen LogP contribution in [0, 0.1) is 0 Å². The fourth-order valence-corrected chi connectivity index (χ4v) is 9.27. The summed E-state index contributed by atoms with van der Waals surface area (Å²) >= 11 is 0. The zero-order chi connectivity index (χ0) is 39.2. The van der Waals surface area contributed by atoms with Gasteiger partial charge >= 0.3 is 0 Å². The topological polar surface area (TPSA) is 56.7 Å². The Morgan fingerprint density at radius 2 is 0.966 bits per heavy atom. The van der Waals surface area contributed by atoms with Crippen molar-refractivity contribution in [2.45, 2.75) is 19.3 Å². The molecule has 0 aliphatic heterocycles. The van der Waals surface area contributed by atoms with Crippen LogP contribution >= 0.6 is 0 Å². The third-order valence-corrected chi connectivity index (χ3v) is 12.3. The number of hydrogen-bond acceptors (Lipinski definition) is 4. The van der Waals surface area contributed by atoms with E-state index in [-0.39, 0.29) is 5.41 Å². The molecule has 0 unspecified atom stereocenters. The lowest BCUT2D eigenvalue weighted by molar-refractivity contribution is 0.647. The smallest absolute Gasteiger partial charge is 0.238 e. The van der Waals surface area contributed by atoms with Crippen LogP contribution in [0.3, 0.4) is 0 Å². The van der Waals surface area contributed by atoms with Gasteiger partial charge in [0.1, 0.15) is 11.2 Å². The molecule has 5 heteroatoms. The van der Waals surface area contributed by atoms with E-state index >= 15 is 0 Å². The van der Waals surface area contributed by atoms with Crippen LogP contribution in [0.2, 0.25) is 0 Å². The lowest BCUT2D eigenvalue weighted by Crippen LogP contribution is -2.14. The number of benzene rings is 8. The molecule has 11 aromatic rings. The maximum atomic E-state index is 6.55. The average Bonchev–Trinajstić information content (AvgIpc) is 3.90. The summed E-state index contributed by atoms with van der Waals surface area (Å²) in [5.41, 5.74) is 15.4. The van der Waals surface area contributed by atoms with E-state index in [1.54, 1.807) is 0 Å². The van der Waals surface area contributed by atoms with Crippen LogP contribution in [-0.2, 0) is 5.41 Å². The first-order valence-electron chi connectivity index (χ1n) is 20.1. The molecule has 0 radical (unpaired) electrons. The predicted octanol–water partition coefficient (Wildman–Crippen LogP) is 13.8. The highest BCUT2D eigenvalue weighted by molar-refractivity contribution is 6.11. The summed E-state index contributed by atoms with van der Waals surface area (Å²) in [7, 11) is 0. The number of aromatic nitrogens is 4. The molecule has 0 N–H and O–H groups in total. The van der Waals surface area contributed by atoms with Crippen LogP contribution in [0.4, 0.5) is 0 Å². The van der Waals surface area contributed by atoms with Gasteiger partial charge in [-0.2, -0.15) is 9.97 Å². The van der Waals surface area contributed by atoms with E-state index in [9.17, 15) is 0 Å². The summed E-state index contributed by atoms with van der Waals surface area (Å²) in [5.74, 6) is 1.80. The van der Waals surface area contributed by atoms with Crippen LogP contribution < -0.4 is 0 Å². The molecule has 0 saturated heterocycles. The fourth-order valence-electron chi connectivity index (χ4n) is 9.27.